The molecule has 2 atom stereocenters. The van der Waals surface area contributed by atoms with Gasteiger partial charge < -0.3 is 14.3 Å². The molecule has 1 aromatic rings. The Morgan fingerprint density at radius 2 is 1.96 bits per heavy atom. The Morgan fingerprint density at radius 1 is 1.27 bits per heavy atom. The van der Waals surface area contributed by atoms with Gasteiger partial charge in [0, 0.05) is 31.0 Å². The molecule has 1 aromatic heterocycles. The van der Waals surface area contributed by atoms with Crippen molar-refractivity contribution in [3.63, 3.8) is 0 Å². The topological polar surface area (TPSA) is 66.7 Å². The molecule has 2 heterocycles. The van der Waals surface area contributed by atoms with Gasteiger partial charge in [0.05, 0.1) is 5.54 Å². The number of carbonyl (C=O) groups is 2. The standard InChI is InChI=1S/C20H29N3O3/c1-13-10-14(13)17(24)22-8-9-23(20(12-22)6-5-7-20)18(25)15-11-26-21-16(15)19(2,3)4/h11,13-14H,5-10,12H2,1-4H3/t13-,14-/m0/s1. The maximum absolute atomic E-state index is 13.3. The first-order chi connectivity index (χ1) is 12.2. The molecule has 1 aliphatic heterocycles. The molecule has 2 saturated carbocycles. The summed E-state index contributed by atoms with van der Waals surface area (Å²) < 4.78 is 5.15. The molecule has 0 bridgehead atoms. The van der Waals surface area contributed by atoms with E-state index < -0.39 is 0 Å². The van der Waals surface area contributed by atoms with Crippen molar-refractivity contribution in [3.8, 4) is 0 Å². The van der Waals surface area contributed by atoms with Crippen molar-refractivity contribution in [2.75, 3.05) is 19.6 Å². The van der Waals surface area contributed by atoms with E-state index in [-0.39, 0.29) is 28.7 Å². The predicted octanol–water partition coefficient (Wildman–Crippen LogP) is 2.84. The van der Waals surface area contributed by atoms with Crippen LogP contribution in [0.1, 0.15) is 69.4 Å². The fraction of sp³-hybridized carbons (Fsp3) is 0.750. The average molecular weight is 359 g/mol. The van der Waals surface area contributed by atoms with Gasteiger partial charge in [0.15, 0.2) is 0 Å². The number of aromatic nitrogens is 1. The SMILES string of the molecule is C[C@H]1C[C@@H]1C(=O)N1CCN(C(=O)c2conc2C(C)(C)C)C2(CCC2)C1. The molecular weight excluding hydrogens is 330 g/mol. The van der Waals surface area contributed by atoms with Crippen LogP contribution in [0.15, 0.2) is 10.8 Å². The lowest BCUT2D eigenvalue weighted by Gasteiger charge is -2.56. The molecule has 1 saturated heterocycles. The normalized spacial score (nSPS) is 27.4. The van der Waals surface area contributed by atoms with E-state index in [9.17, 15) is 9.59 Å². The number of nitrogens with zero attached hydrogens (tertiary/aromatic N) is 3. The van der Waals surface area contributed by atoms with Crippen molar-refractivity contribution >= 4 is 11.8 Å². The highest BCUT2D eigenvalue weighted by Gasteiger charge is 2.52. The minimum atomic E-state index is -0.245. The number of hydrogen-bond donors (Lipinski definition) is 0. The molecule has 142 valence electrons. The Morgan fingerprint density at radius 3 is 2.50 bits per heavy atom. The third kappa shape index (κ3) is 2.74. The first-order valence-electron chi connectivity index (χ1n) is 9.78. The Bertz CT molecular complexity index is 729. The predicted molar refractivity (Wildman–Crippen MR) is 96.7 cm³/mol. The molecule has 3 fully saturated rings. The molecule has 4 rings (SSSR count). The van der Waals surface area contributed by atoms with E-state index in [1.165, 1.54) is 6.26 Å². The van der Waals surface area contributed by atoms with E-state index in [0.29, 0.717) is 36.8 Å². The third-order valence-corrected chi connectivity index (χ3v) is 6.43. The van der Waals surface area contributed by atoms with Gasteiger partial charge in [0.2, 0.25) is 5.91 Å². The van der Waals surface area contributed by atoms with Crippen LogP contribution in [0.4, 0.5) is 0 Å². The van der Waals surface area contributed by atoms with Crippen molar-refractivity contribution < 1.29 is 14.1 Å². The van der Waals surface area contributed by atoms with Crippen molar-refractivity contribution in [3.05, 3.63) is 17.5 Å². The molecule has 6 heteroatoms. The van der Waals surface area contributed by atoms with Crippen LogP contribution >= 0.6 is 0 Å². The van der Waals surface area contributed by atoms with Gasteiger partial charge >= 0.3 is 0 Å². The van der Waals surface area contributed by atoms with Crippen LogP contribution in [0.3, 0.4) is 0 Å². The second kappa shape index (κ2) is 5.83. The Balaban J connectivity index is 1.55. The van der Waals surface area contributed by atoms with Crippen LogP contribution in [0.25, 0.3) is 0 Å². The van der Waals surface area contributed by atoms with Crippen LogP contribution in [0.2, 0.25) is 0 Å². The Labute approximate surface area is 154 Å². The molecule has 1 spiro atoms. The summed E-state index contributed by atoms with van der Waals surface area (Å²) in [5, 5.41) is 4.09. The van der Waals surface area contributed by atoms with Crippen molar-refractivity contribution in [1.82, 2.24) is 15.0 Å². The second-order valence-corrected chi connectivity index (χ2v) is 9.44. The van der Waals surface area contributed by atoms with Crippen molar-refractivity contribution in [1.29, 1.82) is 0 Å². The maximum Gasteiger partial charge on any atom is 0.259 e. The third-order valence-electron chi connectivity index (χ3n) is 6.43. The van der Waals surface area contributed by atoms with Crippen LogP contribution < -0.4 is 0 Å². The lowest BCUT2D eigenvalue weighted by Crippen LogP contribution is -2.68. The summed E-state index contributed by atoms with van der Waals surface area (Å²) in [5.41, 5.74) is 0.835. The monoisotopic (exact) mass is 359 g/mol. The highest BCUT2D eigenvalue weighted by Crippen LogP contribution is 2.44. The summed E-state index contributed by atoms with van der Waals surface area (Å²) >= 11 is 0. The minimum absolute atomic E-state index is 0.00256. The zero-order valence-corrected chi connectivity index (χ0v) is 16.2. The molecule has 0 unspecified atom stereocenters. The Kier molecular flexibility index (Phi) is 3.93. The molecule has 2 amide bonds. The van der Waals surface area contributed by atoms with Crippen LogP contribution in [-0.4, -0.2) is 51.9 Å². The summed E-state index contributed by atoms with van der Waals surface area (Å²) in [6, 6.07) is 0. The number of hydrogen-bond acceptors (Lipinski definition) is 4. The highest BCUT2D eigenvalue weighted by molar-refractivity contribution is 5.96. The van der Waals surface area contributed by atoms with E-state index in [1.54, 1.807) is 0 Å². The molecular formula is C20H29N3O3. The summed E-state index contributed by atoms with van der Waals surface area (Å²) in [6.45, 7) is 10.2. The van der Waals surface area contributed by atoms with Crippen molar-refractivity contribution in [2.45, 2.75) is 64.3 Å². The molecule has 26 heavy (non-hydrogen) atoms. The molecule has 0 aromatic carbocycles. The Hall–Kier alpha value is -1.85. The van der Waals surface area contributed by atoms with Gasteiger partial charge in [-0.15, -0.1) is 0 Å². The fourth-order valence-corrected chi connectivity index (χ4v) is 4.47. The number of amides is 2. The first-order valence-corrected chi connectivity index (χ1v) is 9.78. The zero-order chi connectivity index (χ0) is 18.7. The largest absolute Gasteiger partial charge is 0.364 e. The summed E-state index contributed by atoms with van der Waals surface area (Å²) in [4.78, 5) is 30.0. The molecule has 2 aliphatic carbocycles. The summed E-state index contributed by atoms with van der Waals surface area (Å²) in [7, 11) is 0. The summed E-state index contributed by atoms with van der Waals surface area (Å²) in [6.07, 6.45) is 5.55. The fourth-order valence-electron chi connectivity index (χ4n) is 4.47. The van der Waals surface area contributed by atoms with Crippen LogP contribution in [0.5, 0.6) is 0 Å². The molecule has 0 N–H and O–H groups in total. The first kappa shape index (κ1) is 17.6. The number of piperazine rings is 1. The highest BCUT2D eigenvalue weighted by atomic mass is 16.5. The van der Waals surface area contributed by atoms with E-state index in [0.717, 1.165) is 25.7 Å². The van der Waals surface area contributed by atoms with Crippen molar-refractivity contribution in [2.24, 2.45) is 11.8 Å². The van der Waals surface area contributed by atoms with Gasteiger partial charge in [-0.05, 0) is 31.6 Å². The van der Waals surface area contributed by atoms with E-state index in [1.807, 2.05) is 30.6 Å². The van der Waals surface area contributed by atoms with Gasteiger partial charge in [0.1, 0.15) is 17.5 Å². The van der Waals surface area contributed by atoms with E-state index in [2.05, 4.69) is 12.1 Å². The van der Waals surface area contributed by atoms with Gasteiger partial charge in [0.25, 0.3) is 5.91 Å². The molecule has 3 aliphatic rings. The lowest BCUT2D eigenvalue weighted by molar-refractivity contribution is -0.140. The molecule has 6 nitrogen and oxygen atoms in total. The lowest BCUT2D eigenvalue weighted by atomic mass is 9.73. The quantitative estimate of drug-likeness (QED) is 0.814. The maximum atomic E-state index is 13.3. The summed E-state index contributed by atoms with van der Waals surface area (Å²) in [5.74, 6) is 1.02. The number of carbonyl (C=O) groups excluding carboxylic acids is 2. The van der Waals surface area contributed by atoms with E-state index in [4.69, 9.17) is 4.52 Å². The van der Waals surface area contributed by atoms with Gasteiger partial charge in [-0.2, -0.15) is 0 Å². The molecule has 0 radical (unpaired) electrons. The van der Waals surface area contributed by atoms with Gasteiger partial charge in [-0.3, -0.25) is 9.59 Å². The second-order valence-electron chi connectivity index (χ2n) is 9.44. The van der Waals surface area contributed by atoms with Gasteiger partial charge in [-0.1, -0.05) is 32.9 Å². The smallest absolute Gasteiger partial charge is 0.259 e. The van der Waals surface area contributed by atoms with E-state index >= 15 is 0 Å². The zero-order valence-electron chi connectivity index (χ0n) is 16.2. The van der Waals surface area contributed by atoms with Crippen LogP contribution in [0, 0.1) is 11.8 Å². The minimum Gasteiger partial charge on any atom is -0.364 e. The van der Waals surface area contributed by atoms with Crippen LogP contribution in [-0.2, 0) is 10.2 Å². The van der Waals surface area contributed by atoms with Gasteiger partial charge in [-0.25, -0.2) is 0 Å². The number of rotatable bonds is 2. The average Bonchev–Trinajstić information content (AvgIpc) is 3.08.